The Morgan fingerprint density at radius 1 is 0.846 bits per heavy atom. The van der Waals surface area contributed by atoms with Gasteiger partial charge in [0.15, 0.2) is 0 Å². The van der Waals surface area contributed by atoms with Crippen molar-refractivity contribution in [3.05, 3.63) is 0 Å². The molecule has 0 nitrogen and oxygen atoms in total. The Morgan fingerprint density at radius 2 is 1.23 bits per heavy atom. The first kappa shape index (κ1) is 10.1. The topological polar surface area (TPSA) is 0 Å². The van der Waals surface area contributed by atoms with E-state index in [4.69, 9.17) is 0 Å². The van der Waals surface area contributed by atoms with Crippen LogP contribution in [-0.2, 0) is 0 Å². The molecule has 3 saturated carbocycles. The molecule has 0 heterocycles. The summed E-state index contributed by atoms with van der Waals surface area (Å²) in [6.07, 6.45) is -0.614. The number of fused-ring (bicyclic) bond motifs is 3. The molecule has 3 aliphatic rings. The van der Waals surface area contributed by atoms with Crippen LogP contribution in [0.5, 0.6) is 0 Å². The normalized spacial score (nSPS) is 45.2. The van der Waals surface area contributed by atoms with Crippen molar-refractivity contribution >= 4 is 22.6 Å². The van der Waals surface area contributed by atoms with Crippen molar-refractivity contribution in [1.82, 2.24) is 0 Å². The van der Waals surface area contributed by atoms with Crippen LogP contribution in [-0.4, -0.2) is 9.60 Å². The average Bonchev–Trinajstić information content (AvgIpc) is 2.04. The van der Waals surface area contributed by atoms with Crippen LogP contribution in [0.15, 0.2) is 0 Å². The highest BCUT2D eigenvalue weighted by atomic mass is 127. The van der Waals surface area contributed by atoms with E-state index in [1.165, 1.54) is 0 Å². The van der Waals surface area contributed by atoms with Crippen LogP contribution in [0.25, 0.3) is 0 Å². The van der Waals surface area contributed by atoms with Crippen LogP contribution in [0.3, 0.4) is 0 Å². The van der Waals surface area contributed by atoms with Gasteiger partial charge in [-0.1, -0.05) is 22.6 Å². The minimum absolute atomic E-state index is 0.199. The molecule has 0 N–H and O–H groups in total. The molecule has 4 heteroatoms. The van der Waals surface area contributed by atoms with E-state index in [1.807, 2.05) is 0 Å². The molecular formula is C9H12F3I. The van der Waals surface area contributed by atoms with Gasteiger partial charge in [0.1, 0.15) is 0 Å². The number of hydrogen-bond acceptors (Lipinski definition) is 0. The van der Waals surface area contributed by atoms with Gasteiger partial charge in [0.25, 0.3) is 0 Å². The molecule has 0 atom stereocenters. The van der Waals surface area contributed by atoms with Crippen LogP contribution in [0, 0.1) is 5.41 Å². The monoisotopic (exact) mass is 304 g/mol. The van der Waals surface area contributed by atoms with Crippen molar-refractivity contribution in [2.45, 2.75) is 48.1 Å². The summed E-state index contributed by atoms with van der Waals surface area (Å²) in [6.45, 7) is 0. The largest absolute Gasteiger partial charge is 0.394 e. The minimum atomic E-state index is -3.97. The molecular weight excluding hydrogens is 292 g/mol. The molecule has 2 bridgehead atoms. The van der Waals surface area contributed by atoms with Crippen molar-refractivity contribution in [3.63, 3.8) is 0 Å². The second kappa shape index (κ2) is 2.76. The summed E-state index contributed by atoms with van der Waals surface area (Å²) < 4.78 is 38.4. The summed E-state index contributed by atoms with van der Waals surface area (Å²) in [4.78, 5) is 0. The SMILES string of the molecule is FC(F)(F)C12CCC(I)(CC1)CC2. The van der Waals surface area contributed by atoms with Crippen molar-refractivity contribution in [2.75, 3.05) is 0 Å². The highest BCUT2D eigenvalue weighted by molar-refractivity contribution is 14.1. The Morgan fingerprint density at radius 3 is 1.54 bits per heavy atom. The zero-order chi connectivity index (χ0) is 9.74. The Balaban J connectivity index is 2.20. The summed E-state index contributed by atoms with van der Waals surface area (Å²) in [6, 6.07) is 0. The van der Waals surface area contributed by atoms with Crippen LogP contribution in [0.1, 0.15) is 38.5 Å². The first-order valence-electron chi connectivity index (χ1n) is 4.63. The predicted octanol–water partition coefficient (Wildman–Crippen LogP) is 4.08. The fraction of sp³-hybridized carbons (Fsp3) is 1.00. The first-order chi connectivity index (χ1) is 5.87. The molecule has 13 heavy (non-hydrogen) atoms. The van der Waals surface area contributed by atoms with Gasteiger partial charge in [0.05, 0.1) is 5.41 Å². The lowest BCUT2D eigenvalue weighted by atomic mass is 9.60. The molecule has 0 aromatic carbocycles. The standard InChI is InChI=1S/C9H12F3I/c10-9(11,12)7-1-4-8(13,5-2-7)6-3-7/h1-6H2. The van der Waals surface area contributed by atoms with Gasteiger partial charge in [-0.05, 0) is 38.5 Å². The fourth-order valence-corrected chi connectivity index (χ4v) is 3.37. The van der Waals surface area contributed by atoms with Crippen LogP contribution >= 0.6 is 22.6 Å². The summed E-state index contributed by atoms with van der Waals surface area (Å²) in [5.74, 6) is 0. The minimum Gasteiger partial charge on any atom is -0.171 e. The summed E-state index contributed by atoms with van der Waals surface area (Å²) >= 11 is 2.36. The molecule has 3 aliphatic carbocycles. The lowest BCUT2D eigenvalue weighted by Crippen LogP contribution is -2.49. The van der Waals surface area contributed by atoms with Gasteiger partial charge in [-0.2, -0.15) is 13.2 Å². The number of hydrogen-bond donors (Lipinski definition) is 0. The summed E-state index contributed by atoms with van der Waals surface area (Å²) in [5.41, 5.74) is -1.31. The zero-order valence-corrected chi connectivity index (χ0v) is 9.41. The maximum absolute atomic E-state index is 12.7. The third-order valence-electron chi connectivity index (χ3n) is 3.76. The molecule has 3 rings (SSSR count). The van der Waals surface area contributed by atoms with Crippen molar-refractivity contribution in [3.8, 4) is 0 Å². The molecule has 0 radical (unpaired) electrons. The maximum atomic E-state index is 12.7. The van der Waals surface area contributed by atoms with E-state index in [9.17, 15) is 13.2 Å². The van der Waals surface area contributed by atoms with E-state index in [2.05, 4.69) is 22.6 Å². The van der Waals surface area contributed by atoms with Gasteiger partial charge >= 0.3 is 6.18 Å². The van der Waals surface area contributed by atoms with E-state index in [0.717, 1.165) is 19.3 Å². The van der Waals surface area contributed by atoms with Gasteiger partial charge in [0.2, 0.25) is 0 Å². The number of halogens is 4. The van der Waals surface area contributed by atoms with Crippen LogP contribution in [0.4, 0.5) is 13.2 Å². The summed E-state index contributed by atoms with van der Waals surface area (Å²) in [5, 5.41) is 0. The Kier molecular flexibility index (Phi) is 2.14. The molecule has 3 fully saturated rings. The third kappa shape index (κ3) is 1.49. The second-order valence-corrected chi connectivity index (χ2v) is 6.72. The highest BCUT2D eigenvalue weighted by Gasteiger charge is 2.60. The molecule has 0 saturated heterocycles. The maximum Gasteiger partial charge on any atom is 0.394 e. The van der Waals surface area contributed by atoms with Crippen molar-refractivity contribution in [1.29, 1.82) is 0 Å². The predicted molar refractivity (Wildman–Crippen MR) is 52.9 cm³/mol. The molecule has 76 valence electrons. The van der Waals surface area contributed by atoms with Gasteiger partial charge in [-0.25, -0.2) is 0 Å². The van der Waals surface area contributed by atoms with Crippen LogP contribution in [0.2, 0.25) is 0 Å². The van der Waals surface area contributed by atoms with Gasteiger partial charge in [-0.15, -0.1) is 0 Å². The molecule has 0 amide bonds. The highest BCUT2D eigenvalue weighted by Crippen LogP contribution is 2.62. The van der Waals surface area contributed by atoms with Crippen molar-refractivity contribution in [2.24, 2.45) is 5.41 Å². The van der Waals surface area contributed by atoms with E-state index in [1.54, 1.807) is 0 Å². The van der Waals surface area contributed by atoms with E-state index >= 15 is 0 Å². The molecule has 0 aromatic rings. The zero-order valence-electron chi connectivity index (χ0n) is 7.25. The average molecular weight is 304 g/mol. The number of rotatable bonds is 0. The summed E-state index contributed by atoms with van der Waals surface area (Å²) in [7, 11) is 0. The lowest BCUT2D eigenvalue weighted by Gasteiger charge is -2.51. The Hall–Kier alpha value is 0.520. The third-order valence-corrected chi connectivity index (χ3v) is 5.37. The molecule has 0 aliphatic heterocycles. The van der Waals surface area contributed by atoms with E-state index in [-0.39, 0.29) is 3.42 Å². The van der Waals surface area contributed by atoms with Crippen LogP contribution < -0.4 is 0 Å². The van der Waals surface area contributed by atoms with Gasteiger partial charge in [-0.3, -0.25) is 0 Å². The quantitative estimate of drug-likeness (QED) is 0.467. The Bertz CT molecular complexity index is 197. The lowest BCUT2D eigenvalue weighted by molar-refractivity contribution is -0.247. The molecule has 0 aromatic heterocycles. The first-order valence-corrected chi connectivity index (χ1v) is 5.71. The van der Waals surface area contributed by atoms with Crippen molar-refractivity contribution < 1.29 is 13.2 Å². The molecule has 0 unspecified atom stereocenters. The fourth-order valence-electron chi connectivity index (χ4n) is 2.57. The Labute approximate surface area is 89.4 Å². The molecule has 0 spiro atoms. The second-order valence-electron chi connectivity index (χ2n) is 4.43. The van der Waals surface area contributed by atoms with Gasteiger partial charge < -0.3 is 0 Å². The smallest absolute Gasteiger partial charge is 0.171 e. The van der Waals surface area contributed by atoms with E-state index < -0.39 is 11.6 Å². The number of alkyl halides is 4. The van der Waals surface area contributed by atoms with Gasteiger partial charge in [0, 0.05) is 3.42 Å². The van der Waals surface area contributed by atoms with E-state index in [0.29, 0.717) is 19.3 Å².